The van der Waals surface area contributed by atoms with Gasteiger partial charge in [-0.25, -0.2) is 9.59 Å². The molecule has 14 heteroatoms. The summed E-state index contributed by atoms with van der Waals surface area (Å²) in [7, 11) is 1.29. The van der Waals surface area contributed by atoms with Gasteiger partial charge in [0.15, 0.2) is 0 Å². The van der Waals surface area contributed by atoms with E-state index in [9.17, 15) is 24.0 Å². The second-order valence-electron chi connectivity index (χ2n) is 13.3. The molecule has 282 valence electrons. The summed E-state index contributed by atoms with van der Waals surface area (Å²) in [5.41, 5.74) is 2.01. The average molecular weight is 834 g/mol. The van der Waals surface area contributed by atoms with E-state index < -0.39 is 34.7 Å². The fourth-order valence-corrected chi connectivity index (χ4v) is 8.02. The zero-order valence-electron chi connectivity index (χ0n) is 30.5. The number of halogens is 1. The number of thiophene rings is 1. The van der Waals surface area contributed by atoms with Crippen LogP contribution < -0.4 is 16.0 Å². The van der Waals surface area contributed by atoms with Crippen LogP contribution in [0.2, 0.25) is 0 Å². The Hall–Kier alpha value is -4.92. The van der Waals surface area contributed by atoms with Crippen molar-refractivity contribution >= 4 is 85.6 Å². The molecule has 1 atom stereocenters. The topological polar surface area (TPSA) is 143 Å². The summed E-state index contributed by atoms with van der Waals surface area (Å²) in [6.45, 7) is 7.90. The number of fused-ring (bicyclic) bond motifs is 1. The number of amides is 4. The number of esters is 1. The van der Waals surface area contributed by atoms with Crippen LogP contribution >= 0.6 is 39.0 Å². The summed E-state index contributed by atoms with van der Waals surface area (Å²) in [5.74, 6) is -1.84. The van der Waals surface area contributed by atoms with E-state index in [4.69, 9.17) is 9.47 Å². The van der Waals surface area contributed by atoms with E-state index in [-0.39, 0.29) is 18.1 Å². The van der Waals surface area contributed by atoms with Gasteiger partial charge in [-0.3, -0.25) is 14.4 Å². The van der Waals surface area contributed by atoms with Crippen LogP contribution in [0.1, 0.15) is 70.8 Å². The molecule has 5 rings (SSSR count). The van der Waals surface area contributed by atoms with E-state index in [0.29, 0.717) is 51.7 Å². The Balaban J connectivity index is 1.31. The van der Waals surface area contributed by atoms with Crippen LogP contribution in [0, 0.1) is 0 Å². The molecule has 0 radical (unpaired) electrons. The number of thioether (sulfide) groups is 1. The number of methoxy groups -OCH3 is 1. The first kappa shape index (κ1) is 40.3. The Morgan fingerprint density at radius 1 is 0.981 bits per heavy atom. The van der Waals surface area contributed by atoms with Gasteiger partial charge in [0.25, 0.3) is 11.8 Å². The van der Waals surface area contributed by atoms with Gasteiger partial charge >= 0.3 is 12.1 Å². The van der Waals surface area contributed by atoms with Crippen molar-refractivity contribution in [3.8, 4) is 0 Å². The second-order valence-corrected chi connectivity index (χ2v) is 16.6. The van der Waals surface area contributed by atoms with Gasteiger partial charge in [-0.2, -0.15) is 0 Å². The molecule has 3 N–H and O–H groups in total. The lowest BCUT2D eigenvalue weighted by Crippen LogP contribution is -2.39. The van der Waals surface area contributed by atoms with E-state index in [0.717, 1.165) is 14.9 Å². The van der Waals surface area contributed by atoms with Crippen LogP contribution in [0.25, 0.3) is 6.08 Å². The molecule has 1 aliphatic heterocycles. The third-order valence-electron chi connectivity index (χ3n) is 8.08. The quantitative estimate of drug-likeness (QED) is 0.0776. The first-order valence-corrected chi connectivity index (χ1v) is 19.7. The molecule has 0 spiro atoms. The molecule has 0 fully saturated rings. The number of ether oxygens (including phenoxy) is 2. The molecule has 0 saturated carbocycles. The van der Waals surface area contributed by atoms with Crippen molar-refractivity contribution in [3.63, 3.8) is 0 Å². The predicted molar refractivity (Wildman–Crippen MR) is 216 cm³/mol. The number of nitrogens with one attached hydrogen (secondary N) is 3. The maximum Gasteiger partial charge on any atom is 0.410 e. The molecule has 0 aliphatic carbocycles. The number of hydrogen-bond acceptors (Lipinski definition) is 9. The zero-order valence-corrected chi connectivity index (χ0v) is 33.7. The summed E-state index contributed by atoms with van der Waals surface area (Å²) < 4.78 is 11.5. The molecule has 1 aliphatic rings. The van der Waals surface area contributed by atoms with Crippen LogP contribution in [0.3, 0.4) is 0 Å². The summed E-state index contributed by atoms with van der Waals surface area (Å²) in [5, 5.41) is 8.39. The monoisotopic (exact) mass is 832 g/mol. The highest BCUT2D eigenvalue weighted by atomic mass is 79.9. The number of hydrogen-bond donors (Lipinski definition) is 3. The van der Waals surface area contributed by atoms with Gasteiger partial charge in [0.05, 0.1) is 24.5 Å². The Morgan fingerprint density at radius 2 is 1.70 bits per heavy atom. The van der Waals surface area contributed by atoms with Gasteiger partial charge in [0.2, 0.25) is 5.91 Å². The second kappa shape index (κ2) is 17.9. The van der Waals surface area contributed by atoms with Crippen molar-refractivity contribution < 1.29 is 33.4 Å². The lowest BCUT2D eigenvalue weighted by molar-refractivity contribution is -0.116. The number of rotatable bonds is 11. The van der Waals surface area contributed by atoms with Gasteiger partial charge in [-0.05, 0) is 93.3 Å². The van der Waals surface area contributed by atoms with Crippen LogP contribution in [0.5, 0.6) is 0 Å². The number of carbonyl (C=O) groups excluding carboxylic acids is 5. The molecular weight excluding hydrogens is 792 g/mol. The Morgan fingerprint density at radius 3 is 2.37 bits per heavy atom. The number of nitrogens with zero attached hydrogens (tertiary/aromatic N) is 1. The highest BCUT2D eigenvalue weighted by Crippen LogP contribution is 2.39. The van der Waals surface area contributed by atoms with E-state index in [1.165, 1.54) is 30.2 Å². The van der Waals surface area contributed by atoms with Crippen molar-refractivity contribution in [2.24, 2.45) is 0 Å². The zero-order chi connectivity index (χ0) is 39.0. The van der Waals surface area contributed by atoms with Crippen LogP contribution in [-0.4, -0.2) is 59.2 Å². The predicted octanol–water partition coefficient (Wildman–Crippen LogP) is 8.51. The standard InChI is InChI=1S/C40H41BrN4O7S2/c1-6-31(36(48)44-37-33(38(49)51-5)29-19-20-45(23-32(29)54-37)39(50)52-40(2,3)4)53-28-14-10-13-27(22-28)42-35(47)30(21-24-15-17-26(41)18-16-24)43-34(46)25-11-8-7-9-12-25/h7-18,21-22,31H,6,19-20,23H2,1-5H3,(H,42,47)(H,43,46)(H,44,48)/b30-21+. The maximum absolute atomic E-state index is 13.7. The molecular formula is C40H41BrN4O7S2. The van der Waals surface area contributed by atoms with Crippen LogP contribution in [0.15, 0.2) is 93.9 Å². The molecule has 4 amide bonds. The fourth-order valence-electron chi connectivity index (χ4n) is 5.48. The number of carbonyl (C=O) groups is 5. The van der Waals surface area contributed by atoms with Gasteiger partial charge in [0.1, 0.15) is 16.3 Å². The Kier molecular flexibility index (Phi) is 13.4. The van der Waals surface area contributed by atoms with Crippen molar-refractivity contribution in [2.75, 3.05) is 24.3 Å². The number of anilines is 2. The van der Waals surface area contributed by atoms with Gasteiger partial charge in [-0.1, -0.05) is 59.3 Å². The Bertz CT molecular complexity index is 2060. The summed E-state index contributed by atoms with van der Waals surface area (Å²) in [6, 6.07) is 23.0. The summed E-state index contributed by atoms with van der Waals surface area (Å²) in [4.78, 5) is 69.2. The first-order chi connectivity index (χ1) is 25.7. The minimum absolute atomic E-state index is 0.0457. The molecule has 2 heterocycles. The van der Waals surface area contributed by atoms with Crippen LogP contribution in [-0.2, 0) is 32.0 Å². The van der Waals surface area contributed by atoms with E-state index in [1.807, 2.05) is 37.3 Å². The average Bonchev–Trinajstić information content (AvgIpc) is 3.50. The minimum Gasteiger partial charge on any atom is -0.465 e. The largest absolute Gasteiger partial charge is 0.465 e. The van der Waals surface area contributed by atoms with Crippen molar-refractivity contribution in [3.05, 3.63) is 116 Å². The first-order valence-electron chi connectivity index (χ1n) is 17.2. The molecule has 1 unspecified atom stereocenters. The van der Waals surface area contributed by atoms with E-state index in [2.05, 4.69) is 31.9 Å². The molecule has 4 aromatic rings. The highest BCUT2D eigenvalue weighted by molar-refractivity contribution is 9.10. The molecule has 0 bridgehead atoms. The molecule has 0 saturated heterocycles. The SMILES string of the molecule is CCC(Sc1cccc(NC(=O)/C(=C\c2ccc(Br)cc2)NC(=O)c2ccccc2)c1)C(=O)Nc1sc2c(c1C(=O)OC)CCN(C(=O)OC(C)(C)C)C2. The Labute approximate surface area is 331 Å². The molecule has 3 aromatic carbocycles. The normalized spacial score (nSPS) is 13.3. The third-order valence-corrected chi connectivity index (χ3v) is 11.1. The number of benzene rings is 3. The van der Waals surface area contributed by atoms with Crippen molar-refractivity contribution in [1.29, 1.82) is 0 Å². The maximum atomic E-state index is 13.7. The molecule has 11 nitrogen and oxygen atoms in total. The summed E-state index contributed by atoms with van der Waals surface area (Å²) in [6.07, 6.45) is 2.02. The lowest BCUT2D eigenvalue weighted by Gasteiger charge is -2.30. The van der Waals surface area contributed by atoms with Crippen LogP contribution in [0.4, 0.5) is 15.5 Å². The van der Waals surface area contributed by atoms with E-state index >= 15 is 0 Å². The lowest BCUT2D eigenvalue weighted by atomic mass is 10.0. The minimum atomic E-state index is -0.651. The molecule has 1 aromatic heterocycles. The van der Waals surface area contributed by atoms with Gasteiger partial charge < -0.3 is 30.3 Å². The fraction of sp³-hybridized carbons (Fsp3) is 0.275. The third kappa shape index (κ3) is 10.6. The highest BCUT2D eigenvalue weighted by Gasteiger charge is 2.33. The summed E-state index contributed by atoms with van der Waals surface area (Å²) >= 11 is 5.97. The van der Waals surface area contributed by atoms with Crippen molar-refractivity contribution in [1.82, 2.24) is 10.2 Å². The smallest absolute Gasteiger partial charge is 0.410 e. The van der Waals surface area contributed by atoms with E-state index in [1.54, 1.807) is 80.3 Å². The molecule has 54 heavy (non-hydrogen) atoms. The van der Waals surface area contributed by atoms with Crippen molar-refractivity contribution in [2.45, 2.75) is 62.8 Å². The van der Waals surface area contributed by atoms with Gasteiger partial charge in [0, 0.05) is 32.0 Å². The van der Waals surface area contributed by atoms with Gasteiger partial charge in [-0.15, -0.1) is 23.1 Å².